The number of likely N-dealkylation sites (N-methyl/N-ethyl adjacent to an activating group) is 1. The first-order valence-electron chi connectivity index (χ1n) is 8.32. The molecule has 0 bridgehead atoms. The van der Waals surface area contributed by atoms with Crippen LogP contribution in [0.4, 0.5) is 19.0 Å². The standard InChI is InChI=1S/C18H19F3N4O/c1-24(16-15(18(19,20)21)5-2-8-23-16)14-4-3-11-25(12-14)17(26)13-6-9-22-10-7-13/h2,5-10,14H,3-4,11-12H2,1H3. The zero-order chi connectivity index (χ0) is 18.7. The fraction of sp³-hybridized carbons (Fsp3) is 0.389. The van der Waals surface area contributed by atoms with E-state index in [9.17, 15) is 18.0 Å². The molecule has 3 rings (SSSR count). The molecule has 2 aromatic rings. The molecule has 1 saturated heterocycles. The second-order valence-corrected chi connectivity index (χ2v) is 6.27. The zero-order valence-electron chi connectivity index (χ0n) is 14.3. The smallest absolute Gasteiger partial charge is 0.354 e. The molecule has 1 unspecified atom stereocenters. The monoisotopic (exact) mass is 364 g/mol. The van der Waals surface area contributed by atoms with Gasteiger partial charge in [0.2, 0.25) is 0 Å². The molecule has 1 fully saturated rings. The molecule has 3 heterocycles. The van der Waals surface area contributed by atoms with Gasteiger partial charge in [-0.1, -0.05) is 0 Å². The van der Waals surface area contributed by atoms with Crippen molar-refractivity contribution in [2.75, 3.05) is 25.0 Å². The van der Waals surface area contributed by atoms with Crippen LogP contribution in [0.25, 0.3) is 0 Å². The predicted molar refractivity (Wildman–Crippen MR) is 90.8 cm³/mol. The van der Waals surface area contributed by atoms with E-state index in [-0.39, 0.29) is 17.8 Å². The molecule has 8 heteroatoms. The van der Waals surface area contributed by atoms with E-state index in [1.54, 1.807) is 36.5 Å². The minimum Gasteiger partial charge on any atom is -0.354 e. The van der Waals surface area contributed by atoms with Crippen LogP contribution in [0.5, 0.6) is 0 Å². The summed E-state index contributed by atoms with van der Waals surface area (Å²) >= 11 is 0. The zero-order valence-corrected chi connectivity index (χ0v) is 14.3. The number of aromatic nitrogens is 2. The highest BCUT2D eigenvalue weighted by Crippen LogP contribution is 2.36. The van der Waals surface area contributed by atoms with Crippen LogP contribution in [0.3, 0.4) is 0 Å². The van der Waals surface area contributed by atoms with Crippen molar-refractivity contribution in [3.8, 4) is 0 Å². The summed E-state index contributed by atoms with van der Waals surface area (Å²) in [5.74, 6) is -0.245. The first kappa shape index (κ1) is 18.2. The molecule has 26 heavy (non-hydrogen) atoms. The summed E-state index contributed by atoms with van der Waals surface area (Å²) < 4.78 is 39.8. The van der Waals surface area contributed by atoms with Gasteiger partial charge in [0, 0.05) is 50.3 Å². The van der Waals surface area contributed by atoms with Crippen LogP contribution in [0.15, 0.2) is 42.9 Å². The number of nitrogens with zero attached hydrogens (tertiary/aromatic N) is 4. The molecule has 0 spiro atoms. The van der Waals surface area contributed by atoms with E-state index < -0.39 is 11.7 Å². The van der Waals surface area contributed by atoms with Gasteiger partial charge in [-0.3, -0.25) is 9.78 Å². The molecule has 5 nitrogen and oxygen atoms in total. The second-order valence-electron chi connectivity index (χ2n) is 6.27. The van der Waals surface area contributed by atoms with Gasteiger partial charge in [-0.2, -0.15) is 13.2 Å². The number of carbonyl (C=O) groups is 1. The van der Waals surface area contributed by atoms with E-state index in [0.717, 1.165) is 12.5 Å². The van der Waals surface area contributed by atoms with Crippen molar-refractivity contribution in [1.82, 2.24) is 14.9 Å². The summed E-state index contributed by atoms with van der Waals surface area (Å²) in [4.78, 5) is 23.7. The summed E-state index contributed by atoms with van der Waals surface area (Å²) in [7, 11) is 1.60. The van der Waals surface area contributed by atoms with Gasteiger partial charge in [-0.15, -0.1) is 0 Å². The predicted octanol–water partition coefficient (Wildman–Crippen LogP) is 3.24. The van der Waals surface area contributed by atoms with Crippen molar-refractivity contribution in [3.05, 3.63) is 54.0 Å². The number of anilines is 1. The maximum Gasteiger partial charge on any atom is 0.419 e. The Labute approximate surface area is 149 Å². The van der Waals surface area contributed by atoms with Gasteiger partial charge in [0.25, 0.3) is 5.91 Å². The Bertz CT molecular complexity index is 767. The third-order valence-corrected chi connectivity index (χ3v) is 4.58. The average Bonchev–Trinajstić information content (AvgIpc) is 2.67. The van der Waals surface area contributed by atoms with Gasteiger partial charge in [0.15, 0.2) is 0 Å². The number of likely N-dealkylation sites (tertiary alicyclic amines) is 1. The van der Waals surface area contributed by atoms with E-state index >= 15 is 0 Å². The summed E-state index contributed by atoms with van der Waals surface area (Å²) in [6, 6.07) is 5.35. The van der Waals surface area contributed by atoms with Crippen molar-refractivity contribution in [2.24, 2.45) is 0 Å². The highest BCUT2D eigenvalue weighted by Gasteiger charge is 2.37. The summed E-state index contributed by atoms with van der Waals surface area (Å²) in [5.41, 5.74) is -0.239. The highest BCUT2D eigenvalue weighted by atomic mass is 19.4. The van der Waals surface area contributed by atoms with Gasteiger partial charge < -0.3 is 9.80 Å². The Hall–Kier alpha value is -2.64. The van der Waals surface area contributed by atoms with Gasteiger partial charge in [0.05, 0.1) is 5.56 Å². The normalized spacial score (nSPS) is 17.8. The lowest BCUT2D eigenvalue weighted by molar-refractivity contribution is -0.137. The van der Waals surface area contributed by atoms with Crippen molar-refractivity contribution < 1.29 is 18.0 Å². The van der Waals surface area contributed by atoms with E-state index in [2.05, 4.69) is 9.97 Å². The van der Waals surface area contributed by atoms with Crippen LogP contribution in [-0.2, 0) is 6.18 Å². The fourth-order valence-electron chi connectivity index (χ4n) is 3.20. The van der Waals surface area contributed by atoms with Gasteiger partial charge >= 0.3 is 6.18 Å². The van der Waals surface area contributed by atoms with Crippen molar-refractivity contribution in [1.29, 1.82) is 0 Å². The number of rotatable bonds is 3. The topological polar surface area (TPSA) is 49.3 Å². The lowest BCUT2D eigenvalue weighted by Gasteiger charge is -2.38. The van der Waals surface area contributed by atoms with Crippen LogP contribution in [0.2, 0.25) is 0 Å². The number of amides is 1. The number of piperidine rings is 1. The van der Waals surface area contributed by atoms with Crippen LogP contribution < -0.4 is 4.90 Å². The minimum absolute atomic E-state index is 0.108. The van der Waals surface area contributed by atoms with Crippen LogP contribution in [0, 0.1) is 0 Å². The minimum atomic E-state index is -4.47. The quantitative estimate of drug-likeness (QED) is 0.839. The molecular formula is C18H19F3N4O. The largest absolute Gasteiger partial charge is 0.419 e. The molecule has 2 aromatic heterocycles. The molecule has 0 N–H and O–H groups in total. The lowest BCUT2D eigenvalue weighted by atomic mass is 10.0. The van der Waals surface area contributed by atoms with Crippen molar-refractivity contribution in [3.63, 3.8) is 0 Å². The molecular weight excluding hydrogens is 345 g/mol. The van der Waals surface area contributed by atoms with Crippen LogP contribution >= 0.6 is 0 Å². The number of carbonyl (C=O) groups excluding carboxylic acids is 1. The first-order chi connectivity index (χ1) is 12.4. The highest BCUT2D eigenvalue weighted by molar-refractivity contribution is 5.94. The first-order valence-corrected chi connectivity index (χ1v) is 8.32. The van der Waals surface area contributed by atoms with Crippen LogP contribution in [-0.4, -0.2) is 47.0 Å². The Morgan fingerprint density at radius 2 is 1.96 bits per heavy atom. The maximum atomic E-state index is 13.3. The average molecular weight is 364 g/mol. The molecule has 0 radical (unpaired) electrons. The van der Waals surface area contributed by atoms with Gasteiger partial charge in [0.1, 0.15) is 5.82 Å². The molecule has 0 aromatic carbocycles. The third-order valence-electron chi connectivity index (χ3n) is 4.58. The van der Waals surface area contributed by atoms with E-state index in [1.165, 1.54) is 17.2 Å². The Kier molecular flexibility index (Phi) is 5.11. The molecule has 1 atom stereocenters. The van der Waals surface area contributed by atoms with Crippen LogP contribution in [0.1, 0.15) is 28.8 Å². The Balaban J connectivity index is 1.79. The van der Waals surface area contributed by atoms with Gasteiger partial charge in [-0.05, 0) is 37.1 Å². The second kappa shape index (κ2) is 7.31. The molecule has 138 valence electrons. The number of alkyl halides is 3. The number of hydrogen-bond donors (Lipinski definition) is 0. The summed E-state index contributed by atoms with van der Waals surface area (Å²) in [6.45, 7) is 0.936. The molecule has 0 aliphatic carbocycles. The number of pyridine rings is 2. The van der Waals surface area contributed by atoms with E-state index in [4.69, 9.17) is 0 Å². The van der Waals surface area contributed by atoms with Crippen molar-refractivity contribution in [2.45, 2.75) is 25.1 Å². The molecule has 1 amide bonds. The summed E-state index contributed by atoms with van der Waals surface area (Å²) in [6.07, 6.45) is 1.39. The Morgan fingerprint density at radius 3 is 2.65 bits per heavy atom. The maximum absolute atomic E-state index is 13.3. The lowest BCUT2D eigenvalue weighted by Crippen LogP contribution is -2.49. The molecule has 1 aliphatic heterocycles. The van der Waals surface area contributed by atoms with E-state index in [0.29, 0.717) is 25.1 Å². The van der Waals surface area contributed by atoms with Gasteiger partial charge in [-0.25, -0.2) is 4.98 Å². The molecule has 0 saturated carbocycles. The van der Waals surface area contributed by atoms with Crippen molar-refractivity contribution >= 4 is 11.7 Å². The van der Waals surface area contributed by atoms with E-state index in [1.807, 2.05) is 0 Å². The molecule has 1 aliphatic rings. The number of halogens is 3. The third kappa shape index (κ3) is 3.79. The SMILES string of the molecule is CN(c1ncccc1C(F)(F)F)C1CCCN(C(=O)c2ccncc2)C1. The summed E-state index contributed by atoms with van der Waals surface area (Å²) in [5, 5.41) is 0. The Morgan fingerprint density at radius 1 is 1.23 bits per heavy atom. The number of hydrogen-bond acceptors (Lipinski definition) is 4. The fourth-order valence-corrected chi connectivity index (χ4v) is 3.20.